The standard InChI is InChI=1S/C23H19FN4O4S/c1-26-19-10-8-15(12-20(19)27(2)23(26)30)25-22(29)13-28-18-9-7-14(24)11-17(18)16-5-3-4-6-21(16)33(28,31)32/h3-12H,13H2,1-2H3,(H,25,29). The summed E-state index contributed by atoms with van der Waals surface area (Å²) in [5.41, 5.74) is 2.56. The number of fused-ring (bicyclic) bond motifs is 4. The first-order valence-electron chi connectivity index (χ1n) is 10.1. The molecule has 2 heterocycles. The van der Waals surface area contributed by atoms with E-state index in [9.17, 15) is 22.4 Å². The van der Waals surface area contributed by atoms with E-state index < -0.39 is 28.3 Å². The van der Waals surface area contributed by atoms with E-state index in [2.05, 4.69) is 5.32 Å². The van der Waals surface area contributed by atoms with Gasteiger partial charge in [0.2, 0.25) is 5.91 Å². The second-order valence-electron chi connectivity index (χ2n) is 7.82. The van der Waals surface area contributed by atoms with Crippen molar-refractivity contribution in [2.24, 2.45) is 14.1 Å². The number of rotatable bonds is 3. The number of aryl methyl sites for hydroxylation is 2. The van der Waals surface area contributed by atoms with Crippen LogP contribution in [0.3, 0.4) is 0 Å². The predicted octanol–water partition coefficient (Wildman–Crippen LogP) is 2.83. The van der Waals surface area contributed by atoms with Crippen molar-refractivity contribution in [1.29, 1.82) is 0 Å². The Hall–Kier alpha value is -3.92. The van der Waals surface area contributed by atoms with Gasteiger partial charge in [-0.15, -0.1) is 0 Å². The summed E-state index contributed by atoms with van der Waals surface area (Å²) in [5.74, 6) is -1.08. The SMILES string of the molecule is Cn1c(=O)n(C)c2cc(NC(=O)CN3c4ccc(F)cc4-c4ccccc4S3(=O)=O)ccc21. The van der Waals surface area contributed by atoms with E-state index in [1.807, 2.05) is 0 Å². The molecule has 0 spiro atoms. The van der Waals surface area contributed by atoms with Gasteiger partial charge in [-0.05, 0) is 42.5 Å². The molecule has 1 aromatic heterocycles. The number of halogens is 1. The van der Waals surface area contributed by atoms with Gasteiger partial charge < -0.3 is 5.32 Å². The van der Waals surface area contributed by atoms with Crippen LogP contribution in [0.5, 0.6) is 0 Å². The highest BCUT2D eigenvalue weighted by molar-refractivity contribution is 7.93. The molecule has 0 saturated heterocycles. The zero-order chi connectivity index (χ0) is 23.5. The maximum Gasteiger partial charge on any atom is 0.328 e. The Balaban J connectivity index is 1.50. The van der Waals surface area contributed by atoms with E-state index in [0.29, 0.717) is 27.8 Å². The number of sulfonamides is 1. The van der Waals surface area contributed by atoms with Crippen LogP contribution in [-0.2, 0) is 28.9 Å². The van der Waals surface area contributed by atoms with Gasteiger partial charge in [-0.2, -0.15) is 0 Å². The van der Waals surface area contributed by atoms with Crippen LogP contribution < -0.4 is 15.3 Å². The molecule has 4 aromatic rings. The zero-order valence-electron chi connectivity index (χ0n) is 17.7. The fourth-order valence-electron chi connectivity index (χ4n) is 4.19. The molecule has 0 atom stereocenters. The molecule has 8 nitrogen and oxygen atoms in total. The molecule has 3 aromatic carbocycles. The highest BCUT2D eigenvalue weighted by atomic mass is 32.2. The van der Waals surface area contributed by atoms with Crippen LogP contribution in [0.4, 0.5) is 15.8 Å². The number of aromatic nitrogens is 2. The molecule has 168 valence electrons. The predicted molar refractivity (Wildman–Crippen MR) is 123 cm³/mol. The largest absolute Gasteiger partial charge is 0.328 e. The van der Waals surface area contributed by atoms with Crippen LogP contribution in [0, 0.1) is 5.82 Å². The van der Waals surface area contributed by atoms with Gasteiger partial charge in [0.05, 0.1) is 21.6 Å². The number of nitrogens with zero attached hydrogens (tertiary/aromatic N) is 3. The molecule has 1 N–H and O–H groups in total. The molecule has 1 amide bonds. The molecule has 1 aliphatic rings. The number of amides is 1. The molecule has 0 radical (unpaired) electrons. The first-order valence-corrected chi connectivity index (χ1v) is 11.5. The van der Waals surface area contributed by atoms with Crippen molar-refractivity contribution in [3.63, 3.8) is 0 Å². The van der Waals surface area contributed by atoms with Gasteiger partial charge in [0.15, 0.2) is 0 Å². The molecule has 0 fully saturated rings. The van der Waals surface area contributed by atoms with Crippen LogP contribution in [0.2, 0.25) is 0 Å². The molecular formula is C23H19FN4O4S. The second-order valence-corrected chi connectivity index (χ2v) is 9.65. The van der Waals surface area contributed by atoms with Crippen LogP contribution in [0.25, 0.3) is 22.2 Å². The Morgan fingerprint density at radius 1 is 0.939 bits per heavy atom. The number of hydrogen-bond acceptors (Lipinski definition) is 4. The Labute approximate surface area is 188 Å². The Morgan fingerprint density at radius 2 is 1.67 bits per heavy atom. The minimum absolute atomic E-state index is 0.0107. The highest BCUT2D eigenvalue weighted by Crippen LogP contribution is 2.43. The van der Waals surface area contributed by atoms with Gasteiger partial charge in [0, 0.05) is 30.9 Å². The van der Waals surface area contributed by atoms with Crippen molar-refractivity contribution < 1.29 is 17.6 Å². The monoisotopic (exact) mass is 466 g/mol. The van der Waals surface area contributed by atoms with Gasteiger partial charge in [0.1, 0.15) is 12.4 Å². The second kappa shape index (κ2) is 7.31. The van der Waals surface area contributed by atoms with Crippen molar-refractivity contribution >= 4 is 38.3 Å². The average Bonchev–Trinajstić information content (AvgIpc) is 3.00. The molecule has 5 rings (SSSR count). The summed E-state index contributed by atoms with van der Waals surface area (Å²) in [6.07, 6.45) is 0. The lowest BCUT2D eigenvalue weighted by molar-refractivity contribution is -0.114. The van der Waals surface area contributed by atoms with E-state index in [1.54, 1.807) is 50.5 Å². The Morgan fingerprint density at radius 3 is 2.45 bits per heavy atom. The van der Waals surface area contributed by atoms with Gasteiger partial charge in [-0.25, -0.2) is 17.6 Å². The van der Waals surface area contributed by atoms with E-state index in [1.165, 1.54) is 27.3 Å². The Bertz CT molecular complexity index is 1620. The lowest BCUT2D eigenvalue weighted by Gasteiger charge is -2.31. The minimum atomic E-state index is -4.04. The lowest BCUT2D eigenvalue weighted by atomic mass is 10.0. The zero-order valence-corrected chi connectivity index (χ0v) is 18.6. The quantitative estimate of drug-likeness (QED) is 0.503. The first-order chi connectivity index (χ1) is 15.7. The van der Waals surface area contributed by atoms with Gasteiger partial charge >= 0.3 is 5.69 Å². The van der Waals surface area contributed by atoms with Crippen molar-refractivity contribution in [3.8, 4) is 11.1 Å². The molecule has 0 unspecified atom stereocenters. The summed E-state index contributed by atoms with van der Waals surface area (Å²) in [5, 5.41) is 2.70. The normalized spacial score (nSPS) is 14.1. The molecular weight excluding hydrogens is 447 g/mol. The Kier molecular flexibility index (Phi) is 4.64. The number of anilines is 2. The van der Waals surface area contributed by atoms with E-state index in [4.69, 9.17) is 0 Å². The number of carbonyl (C=O) groups is 1. The number of carbonyl (C=O) groups excluding carboxylic acids is 1. The highest BCUT2D eigenvalue weighted by Gasteiger charge is 2.36. The van der Waals surface area contributed by atoms with Crippen LogP contribution in [0.15, 0.2) is 70.4 Å². The third-order valence-corrected chi connectivity index (χ3v) is 7.63. The van der Waals surface area contributed by atoms with Crippen molar-refractivity contribution in [1.82, 2.24) is 9.13 Å². The van der Waals surface area contributed by atoms with Crippen molar-refractivity contribution in [2.75, 3.05) is 16.2 Å². The summed E-state index contributed by atoms with van der Waals surface area (Å²) in [7, 11) is -0.755. The molecule has 10 heteroatoms. The topological polar surface area (TPSA) is 93.4 Å². The number of hydrogen-bond donors (Lipinski definition) is 1. The van der Waals surface area contributed by atoms with Gasteiger partial charge in [-0.3, -0.25) is 18.2 Å². The van der Waals surface area contributed by atoms with Crippen LogP contribution in [0.1, 0.15) is 0 Å². The van der Waals surface area contributed by atoms with Crippen molar-refractivity contribution in [3.05, 3.63) is 77.0 Å². The number of nitrogens with one attached hydrogen (secondary N) is 1. The summed E-state index contributed by atoms with van der Waals surface area (Å²) in [6, 6.07) is 15.1. The van der Waals surface area contributed by atoms with Crippen LogP contribution in [-0.4, -0.2) is 30.0 Å². The summed E-state index contributed by atoms with van der Waals surface area (Å²) < 4.78 is 44.5. The number of imidazole rings is 1. The average molecular weight is 466 g/mol. The minimum Gasteiger partial charge on any atom is -0.324 e. The first kappa shape index (κ1) is 21.0. The maximum atomic E-state index is 14.0. The van der Waals surface area contributed by atoms with Gasteiger partial charge in [-0.1, -0.05) is 18.2 Å². The van der Waals surface area contributed by atoms with Crippen LogP contribution >= 0.6 is 0 Å². The molecule has 0 bridgehead atoms. The van der Waals surface area contributed by atoms with Crippen molar-refractivity contribution in [2.45, 2.75) is 4.90 Å². The summed E-state index contributed by atoms with van der Waals surface area (Å²) in [4.78, 5) is 25.0. The fourth-order valence-corrected chi connectivity index (χ4v) is 5.84. The maximum absolute atomic E-state index is 14.0. The van der Waals surface area contributed by atoms with E-state index in [0.717, 1.165) is 10.4 Å². The number of benzene rings is 3. The molecule has 0 saturated carbocycles. The third kappa shape index (κ3) is 3.21. The molecule has 0 aliphatic carbocycles. The van der Waals surface area contributed by atoms with E-state index >= 15 is 0 Å². The third-order valence-electron chi connectivity index (χ3n) is 5.82. The summed E-state index contributed by atoms with van der Waals surface area (Å²) >= 11 is 0. The van der Waals surface area contributed by atoms with E-state index in [-0.39, 0.29) is 16.3 Å². The molecule has 33 heavy (non-hydrogen) atoms. The summed E-state index contributed by atoms with van der Waals surface area (Å²) in [6.45, 7) is -0.499. The van der Waals surface area contributed by atoms with Gasteiger partial charge in [0.25, 0.3) is 10.0 Å². The fraction of sp³-hybridized carbons (Fsp3) is 0.130. The lowest BCUT2D eigenvalue weighted by Crippen LogP contribution is -2.40. The molecule has 1 aliphatic heterocycles. The smallest absolute Gasteiger partial charge is 0.324 e.